The first-order valence-corrected chi connectivity index (χ1v) is 5.33. The molecule has 2 amide bonds. The van der Waals surface area contributed by atoms with E-state index in [4.69, 9.17) is 0 Å². The van der Waals surface area contributed by atoms with Crippen LogP contribution in [0.2, 0.25) is 0 Å². The van der Waals surface area contributed by atoms with Crippen LogP contribution in [0.15, 0.2) is 29.3 Å². The smallest absolute Gasteiger partial charge is 0.288 e. The van der Waals surface area contributed by atoms with Gasteiger partial charge >= 0.3 is 11.8 Å². The lowest BCUT2D eigenvalue weighted by Crippen LogP contribution is -2.26. The molecule has 2 rings (SSSR count). The van der Waals surface area contributed by atoms with Crippen molar-refractivity contribution in [3.8, 4) is 0 Å². The summed E-state index contributed by atoms with van der Waals surface area (Å²) < 4.78 is 0. The SMILES string of the molecule is Cc1ccccc1C(C)N=C1NC(=O)C(=O)N1. The van der Waals surface area contributed by atoms with Crippen molar-refractivity contribution in [1.29, 1.82) is 0 Å². The third-order valence-corrected chi connectivity index (χ3v) is 2.63. The second-order valence-corrected chi connectivity index (χ2v) is 3.92. The Hall–Kier alpha value is -2.17. The van der Waals surface area contributed by atoms with Gasteiger partial charge in [-0.1, -0.05) is 24.3 Å². The molecule has 88 valence electrons. The highest BCUT2D eigenvalue weighted by Gasteiger charge is 2.25. The molecule has 1 aromatic carbocycles. The standard InChI is InChI=1S/C12H13N3O2/c1-7-5-3-4-6-9(7)8(2)13-12-14-10(16)11(17)15-12/h3-6,8H,1-2H3,(H2,13,14,15,16,17). The van der Waals surface area contributed by atoms with Gasteiger partial charge < -0.3 is 0 Å². The number of rotatable bonds is 2. The van der Waals surface area contributed by atoms with E-state index < -0.39 is 11.8 Å². The lowest BCUT2D eigenvalue weighted by atomic mass is 10.0. The summed E-state index contributed by atoms with van der Waals surface area (Å²) in [5, 5.41) is 4.75. The predicted octanol–water partition coefficient (Wildman–Crippen LogP) is 0.658. The molecular formula is C12H13N3O2. The Labute approximate surface area is 98.9 Å². The molecule has 0 spiro atoms. The first kappa shape index (κ1) is 11.3. The van der Waals surface area contributed by atoms with Crippen LogP contribution in [0.1, 0.15) is 24.1 Å². The minimum Gasteiger partial charge on any atom is -0.288 e. The number of hydrogen-bond donors (Lipinski definition) is 2. The van der Waals surface area contributed by atoms with Gasteiger partial charge in [0.05, 0.1) is 6.04 Å². The Morgan fingerprint density at radius 1 is 1.12 bits per heavy atom. The molecule has 0 saturated carbocycles. The highest BCUT2D eigenvalue weighted by Crippen LogP contribution is 2.20. The number of nitrogens with one attached hydrogen (secondary N) is 2. The second kappa shape index (κ2) is 4.37. The number of benzene rings is 1. The minimum atomic E-state index is -0.666. The van der Waals surface area contributed by atoms with Gasteiger partial charge in [-0.25, -0.2) is 4.99 Å². The molecule has 1 fully saturated rings. The van der Waals surface area contributed by atoms with Crippen LogP contribution in [0.4, 0.5) is 0 Å². The monoisotopic (exact) mass is 231 g/mol. The van der Waals surface area contributed by atoms with Crippen LogP contribution in [0, 0.1) is 6.92 Å². The lowest BCUT2D eigenvalue weighted by molar-refractivity contribution is -0.135. The van der Waals surface area contributed by atoms with Crippen molar-refractivity contribution < 1.29 is 9.59 Å². The molecule has 0 bridgehead atoms. The molecule has 0 aromatic heterocycles. The van der Waals surface area contributed by atoms with E-state index in [0.717, 1.165) is 11.1 Å². The summed E-state index contributed by atoms with van der Waals surface area (Å²) in [4.78, 5) is 26.2. The summed E-state index contributed by atoms with van der Waals surface area (Å²) in [6.07, 6.45) is 0. The van der Waals surface area contributed by atoms with E-state index in [-0.39, 0.29) is 12.0 Å². The van der Waals surface area contributed by atoms with Gasteiger partial charge in [0, 0.05) is 0 Å². The van der Waals surface area contributed by atoms with Gasteiger partial charge in [0.1, 0.15) is 0 Å². The fourth-order valence-corrected chi connectivity index (χ4v) is 1.74. The third-order valence-electron chi connectivity index (χ3n) is 2.63. The van der Waals surface area contributed by atoms with Crippen molar-refractivity contribution in [3.63, 3.8) is 0 Å². The number of aryl methyl sites for hydroxylation is 1. The van der Waals surface area contributed by atoms with Crippen molar-refractivity contribution in [3.05, 3.63) is 35.4 Å². The number of guanidine groups is 1. The average molecular weight is 231 g/mol. The lowest BCUT2D eigenvalue weighted by Gasteiger charge is -2.10. The number of carbonyl (C=O) groups excluding carboxylic acids is 2. The molecule has 1 aromatic rings. The van der Waals surface area contributed by atoms with Gasteiger partial charge in [0.2, 0.25) is 5.96 Å². The molecule has 1 saturated heterocycles. The zero-order valence-corrected chi connectivity index (χ0v) is 9.65. The van der Waals surface area contributed by atoms with E-state index in [0.29, 0.717) is 0 Å². The second-order valence-electron chi connectivity index (χ2n) is 3.92. The van der Waals surface area contributed by atoms with Gasteiger partial charge in [-0.3, -0.25) is 20.2 Å². The molecule has 17 heavy (non-hydrogen) atoms. The molecular weight excluding hydrogens is 218 g/mol. The van der Waals surface area contributed by atoms with Gasteiger partial charge in [-0.05, 0) is 25.0 Å². The fourth-order valence-electron chi connectivity index (χ4n) is 1.74. The van der Waals surface area contributed by atoms with Crippen molar-refractivity contribution >= 4 is 17.8 Å². The van der Waals surface area contributed by atoms with Crippen LogP contribution in [-0.4, -0.2) is 17.8 Å². The van der Waals surface area contributed by atoms with E-state index in [1.165, 1.54) is 0 Å². The maximum absolute atomic E-state index is 11.0. The molecule has 0 aliphatic carbocycles. The number of nitrogens with zero attached hydrogens (tertiary/aromatic N) is 1. The summed E-state index contributed by atoms with van der Waals surface area (Å²) in [6.45, 7) is 3.91. The average Bonchev–Trinajstić information content (AvgIpc) is 2.58. The Morgan fingerprint density at radius 3 is 2.29 bits per heavy atom. The zero-order valence-electron chi connectivity index (χ0n) is 9.65. The van der Waals surface area contributed by atoms with E-state index in [9.17, 15) is 9.59 Å². The maximum atomic E-state index is 11.0. The van der Waals surface area contributed by atoms with Crippen LogP contribution < -0.4 is 10.6 Å². The molecule has 1 atom stereocenters. The van der Waals surface area contributed by atoms with Crippen LogP contribution in [-0.2, 0) is 9.59 Å². The first-order valence-electron chi connectivity index (χ1n) is 5.33. The van der Waals surface area contributed by atoms with E-state index in [2.05, 4.69) is 15.6 Å². The molecule has 5 nitrogen and oxygen atoms in total. The maximum Gasteiger partial charge on any atom is 0.316 e. The van der Waals surface area contributed by atoms with Gasteiger partial charge in [-0.15, -0.1) is 0 Å². The third kappa shape index (κ3) is 2.33. The minimum absolute atomic E-state index is 0.120. The van der Waals surface area contributed by atoms with Crippen LogP contribution in [0.25, 0.3) is 0 Å². The molecule has 1 unspecified atom stereocenters. The number of aliphatic imine (C=N–C) groups is 1. The number of hydrogen-bond acceptors (Lipinski definition) is 3. The normalized spacial score (nSPS) is 16.5. The summed E-state index contributed by atoms with van der Waals surface area (Å²) in [5.74, 6) is -1.11. The predicted molar refractivity (Wildman–Crippen MR) is 63.3 cm³/mol. The molecule has 2 N–H and O–H groups in total. The van der Waals surface area contributed by atoms with Gasteiger partial charge in [-0.2, -0.15) is 0 Å². The molecule has 5 heteroatoms. The fraction of sp³-hybridized carbons (Fsp3) is 0.250. The highest BCUT2D eigenvalue weighted by molar-refractivity contribution is 6.45. The molecule has 1 heterocycles. The summed E-state index contributed by atoms with van der Waals surface area (Å²) in [6, 6.07) is 7.74. The van der Waals surface area contributed by atoms with Crippen molar-refractivity contribution in [1.82, 2.24) is 10.6 Å². The molecule has 1 aliphatic heterocycles. The van der Waals surface area contributed by atoms with Crippen molar-refractivity contribution in [2.24, 2.45) is 4.99 Å². The van der Waals surface area contributed by atoms with Crippen molar-refractivity contribution in [2.45, 2.75) is 19.9 Å². The highest BCUT2D eigenvalue weighted by atomic mass is 16.2. The van der Waals surface area contributed by atoms with Crippen LogP contribution in [0.5, 0.6) is 0 Å². The summed E-state index contributed by atoms with van der Waals surface area (Å²) >= 11 is 0. The van der Waals surface area contributed by atoms with E-state index in [1.807, 2.05) is 38.1 Å². The number of carbonyl (C=O) groups is 2. The largest absolute Gasteiger partial charge is 0.316 e. The van der Waals surface area contributed by atoms with Gasteiger partial charge in [0.15, 0.2) is 0 Å². The van der Waals surface area contributed by atoms with Crippen LogP contribution >= 0.6 is 0 Å². The Kier molecular flexibility index (Phi) is 2.91. The topological polar surface area (TPSA) is 70.6 Å². The molecule has 0 radical (unpaired) electrons. The summed E-state index contributed by atoms with van der Waals surface area (Å²) in [7, 11) is 0. The number of amides is 2. The Balaban J connectivity index is 2.20. The summed E-state index contributed by atoms with van der Waals surface area (Å²) in [5.41, 5.74) is 2.19. The quantitative estimate of drug-likeness (QED) is 0.734. The zero-order chi connectivity index (χ0) is 12.4. The Morgan fingerprint density at radius 2 is 1.71 bits per heavy atom. The first-order chi connectivity index (χ1) is 8.08. The van der Waals surface area contributed by atoms with E-state index in [1.54, 1.807) is 0 Å². The van der Waals surface area contributed by atoms with Crippen LogP contribution in [0.3, 0.4) is 0 Å². The van der Waals surface area contributed by atoms with Crippen molar-refractivity contribution in [2.75, 3.05) is 0 Å². The van der Waals surface area contributed by atoms with E-state index >= 15 is 0 Å². The van der Waals surface area contributed by atoms with Gasteiger partial charge in [0.25, 0.3) is 0 Å². The molecule has 1 aliphatic rings. The Bertz CT molecular complexity index is 490.